The molecule has 136 valence electrons. The van der Waals surface area contributed by atoms with Crippen molar-refractivity contribution in [2.75, 3.05) is 5.32 Å². The van der Waals surface area contributed by atoms with Crippen molar-refractivity contribution in [2.24, 2.45) is 5.92 Å². The highest BCUT2D eigenvalue weighted by Gasteiger charge is 2.21. The first-order valence-corrected chi connectivity index (χ1v) is 8.30. The van der Waals surface area contributed by atoms with Crippen LogP contribution in [0.5, 0.6) is 0 Å². The molecule has 2 atom stereocenters. The zero-order chi connectivity index (χ0) is 19.3. The van der Waals surface area contributed by atoms with E-state index in [1.165, 1.54) is 6.92 Å². The van der Waals surface area contributed by atoms with Gasteiger partial charge in [0.15, 0.2) is 0 Å². The minimum Gasteiger partial charge on any atom is -0.481 e. The molecular formula is C20H22N2O4. The van der Waals surface area contributed by atoms with Gasteiger partial charge in [0, 0.05) is 22.9 Å². The van der Waals surface area contributed by atoms with Crippen LogP contribution in [0.3, 0.4) is 0 Å². The molecule has 6 nitrogen and oxygen atoms in total. The molecule has 0 saturated carbocycles. The second-order valence-electron chi connectivity index (χ2n) is 6.24. The Balaban J connectivity index is 2.15. The van der Waals surface area contributed by atoms with Gasteiger partial charge in [-0.2, -0.15) is 0 Å². The molecule has 0 aliphatic heterocycles. The number of rotatable bonds is 6. The van der Waals surface area contributed by atoms with E-state index in [2.05, 4.69) is 10.6 Å². The number of carbonyl (C=O) groups is 3. The highest BCUT2D eigenvalue weighted by molar-refractivity contribution is 6.05. The Morgan fingerprint density at radius 2 is 1.58 bits per heavy atom. The number of anilines is 1. The molecule has 0 heterocycles. The Bertz CT molecular complexity index is 818. The molecule has 2 aromatic carbocycles. The van der Waals surface area contributed by atoms with Crippen LogP contribution >= 0.6 is 0 Å². The molecule has 0 spiro atoms. The van der Waals surface area contributed by atoms with Gasteiger partial charge in [-0.1, -0.05) is 24.3 Å². The van der Waals surface area contributed by atoms with Gasteiger partial charge in [-0.3, -0.25) is 14.4 Å². The molecule has 26 heavy (non-hydrogen) atoms. The maximum absolute atomic E-state index is 12.4. The van der Waals surface area contributed by atoms with Crippen LogP contribution in [0.2, 0.25) is 0 Å². The van der Waals surface area contributed by atoms with Crippen LogP contribution in [0.25, 0.3) is 0 Å². The van der Waals surface area contributed by atoms with Gasteiger partial charge in [0.1, 0.15) is 0 Å². The minimum atomic E-state index is -0.975. The highest BCUT2D eigenvalue weighted by atomic mass is 16.4. The molecule has 0 aliphatic carbocycles. The van der Waals surface area contributed by atoms with E-state index in [0.717, 1.165) is 5.56 Å². The Hall–Kier alpha value is -3.15. The number of benzene rings is 2. The van der Waals surface area contributed by atoms with Crippen LogP contribution in [0.1, 0.15) is 40.1 Å². The summed E-state index contributed by atoms with van der Waals surface area (Å²) in [6, 6.07) is 13.2. The summed E-state index contributed by atoms with van der Waals surface area (Å²) in [6.45, 7) is 5.01. The fraction of sp³-hybridized carbons (Fsp3) is 0.250. The van der Waals surface area contributed by atoms with Crippen molar-refractivity contribution in [2.45, 2.75) is 26.8 Å². The molecule has 0 aliphatic rings. The van der Waals surface area contributed by atoms with Crippen molar-refractivity contribution >= 4 is 23.5 Å². The SMILES string of the molecule is Cc1ccc(C(=O)NC(C)C(C)C(=O)O)cc1NC(=O)c1ccccc1. The average molecular weight is 354 g/mol. The molecule has 0 aromatic heterocycles. The van der Waals surface area contributed by atoms with E-state index in [1.807, 2.05) is 13.0 Å². The molecule has 0 fully saturated rings. The number of nitrogens with one attached hydrogen (secondary N) is 2. The second-order valence-corrected chi connectivity index (χ2v) is 6.24. The first-order chi connectivity index (χ1) is 12.3. The predicted molar refractivity (Wildman–Crippen MR) is 99.3 cm³/mol. The van der Waals surface area contributed by atoms with Crippen molar-refractivity contribution in [1.29, 1.82) is 0 Å². The average Bonchev–Trinajstić information content (AvgIpc) is 2.63. The number of carboxylic acids is 1. The molecule has 2 rings (SSSR count). The second kappa shape index (κ2) is 8.29. The van der Waals surface area contributed by atoms with Crippen molar-refractivity contribution in [3.8, 4) is 0 Å². The number of hydrogen-bond acceptors (Lipinski definition) is 3. The summed E-state index contributed by atoms with van der Waals surface area (Å²) in [5, 5.41) is 14.5. The molecule has 0 radical (unpaired) electrons. The predicted octanol–water partition coefficient (Wildman–Crippen LogP) is 3.09. The van der Waals surface area contributed by atoms with Crippen LogP contribution in [-0.2, 0) is 4.79 Å². The van der Waals surface area contributed by atoms with Crippen LogP contribution < -0.4 is 10.6 Å². The normalized spacial score (nSPS) is 12.7. The first-order valence-electron chi connectivity index (χ1n) is 8.30. The number of carbonyl (C=O) groups excluding carboxylic acids is 2. The van der Waals surface area contributed by atoms with E-state index in [1.54, 1.807) is 49.4 Å². The van der Waals surface area contributed by atoms with Gasteiger partial charge in [-0.15, -0.1) is 0 Å². The number of aryl methyl sites for hydroxylation is 1. The maximum atomic E-state index is 12.4. The molecule has 6 heteroatoms. The fourth-order valence-corrected chi connectivity index (χ4v) is 2.31. The molecule has 2 amide bonds. The summed E-state index contributed by atoms with van der Waals surface area (Å²) < 4.78 is 0. The van der Waals surface area contributed by atoms with E-state index < -0.39 is 17.9 Å². The van der Waals surface area contributed by atoms with Crippen molar-refractivity contribution in [3.05, 3.63) is 65.2 Å². The maximum Gasteiger partial charge on any atom is 0.308 e. The molecular weight excluding hydrogens is 332 g/mol. The van der Waals surface area contributed by atoms with Crippen molar-refractivity contribution in [3.63, 3.8) is 0 Å². The number of aliphatic carboxylic acids is 1. The summed E-state index contributed by atoms with van der Waals surface area (Å²) >= 11 is 0. The number of carboxylic acid groups (broad SMARTS) is 1. The smallest absolute Gasteiger partial charge is 0.308 e. The van der Waals surface area contributed by atoms with E-state index in [0.29, 0.717) is 16.8 Å². The van der Waals surface area contributed by atoms with Gasteiger partial charge in [0.25, 0.3) is 11.8 Å². The van der Waals surface area contributed by atoms with Crippen molar-refractivity contribution in [1.82, 2.24) is 5.32 Å². The van der Waals surface area contributed by atoms with E-state index in [-0.39, 0.29) is 11.8 Å². The lowest BCUT2D eigenvalue weighted by atomic mass is 10.0. The molecule has 2 aromatic rings. The Morgan fingerprint density at radius 1 is 0.923 bits per heavy atom. The molecule has 0 bridgehead atoms. The van der Waals surface area contributed by atoms with Gasteiger partial charge in [0.2, 0.25) is 0 Å². The summed E-state index contributed by atoms with van der Waals surface area (Å²) in [5.41, 5.74) is 2.22. The van der Waals surface area contributed by atoms with E-state index >= 15 is 0 Å². The third-order valence-corrected chi connectivity index (χ3v) is 4.28. The zero-order valence-corrected chi connectivity index (χ0v) is 14.9. The zero-order valence-electron chi connectivity index (χ0n) is 14.9. The van der Waals surface area contributed by atoms with E-state index in [9.17, 15) is 14.4 Å². The first kappa shape index (κ1) is 19.2. The van der Waals surface area contributed by atoms with Gasteiger partial charge in [-0.25, -0.2) is 0 Å². The number of amides is 2. The summed E-state index contributed by atoms with van der Waals surface area (Å²) in [5.74, 6) is -2.33. The fourth-order valence-electron chi connectivity index (χ4n) is 2.31. The van der Waals surface area contributed by atoms with E-state index in [4.69, 9.17) is 5.11 Å². The van der Waals surface area contributed by atoms with Gasteiger partial charge >= 0.3 is 5.97 Å². The van der Waals surface area contributed by atoms with Crippen LogP contribution in [-0.4, -0.2) is 28.9 Å². The molecule has 2 unspecified atom stereocenters. The van der Waals surface area contributed by atoms with Gasteiger partial charge in [-0.05, 0) is 50.6 Å². The van der Waals surface area contributed by atoms with Crippen LogP contribution in [0, 0.1) is 12.8 Å². The third kappa shape index (κ3) is 4.69. The van der Waals surface area contributed by atoms with Gasteiger partial charge in [0.05, 0.1) is 5.92 Å². The summed E-state index contributed by atoms with van der Waals surface area (Å²) in [4.78, 5) is 35.7. The lowest BCUT2D eigenvalue weighted by Gasteiger charge is -2.18. The monoisotopic (exact) mass is 354 g/mol. The van der Waals surface area contributed by atoms with Crippen LogP contribution in [0.4, 0.5) is 5.69 Å². The third-order valence-electron chi connectivity index (χ3n) is 4.28. The lowest BCUT2D eigenvalue weighted by molar-refractivity contribution is -0.141. The topological polar surface area (TPSA) is 95.5 Å². The van der Waals surface area contributed by atoms with Gasteiger partial charge < -0.3 is 15.7 Å². The lowest BCUT2D eigenvalue weighted by Crippen LogP contribution is -2.40. The Kier molecular flexibility index (Phi) is 6.11. The minimum absolute atomic E-state index is 0.265. The number of hydrogen-bond donors (Lipinski definition) is 3. The quantitative estimate of drug-likeness (QED) is 0.743. The largest absolute Gasteiger partial charge is 0.481 e. The Labute approximate surface area is 152 Å². The Morgan fingerprint density at radius 3 is 2.19 bits per heavy atom. The summed E-state index contributed by atoms with van der Waals surface area (Å²) in [7, 11) is 0. The van der Waals surface area contributed by atoms with Crippen LogP contribution in [0.15, 0.2) is 48.5 Å². The molecule has 3 N–H and O–H groups in total. The standard InChI is InChI=1S/C20H22N2O4/c1-12-9-10-16(19(24)21-14(3)13(2)20(25)26)11-17(12)22-18(23)15-7-5-4-6-8-15/h4-11,13-14H,1-3H3,(H,21,24)(H,22,23)(H,25,26). The highest BCUT2D eigenvalue weighted by Crippen LogP contribution is 2.18. The van der Waals surface area contributed by atoms with Crippen molar-refractivity contribution < 1.29 is 19.5 Å². The summed E-state index contributed by atoms with van der Waals surface area (Å²) in [6.07, 6.45) is 0. The molecule has 0 saturated heterocycles.